The summed E-state index contributed by atoms with van der Waals surface area (Å²) in [4.78, 5) is 41.1. The van der Waals surface area contributed by atoms with Crippen molar-refractivity contribution in [2.45, 2.75) is 25.9 Å². The molecule has 0 radical (unpaired) electrons. The molecular weight excluding hydrogens is 379 g/mol. The number of carbonyl (C=O) groups excluding carboxylic acids is 3. The lowest BCUT2D eigenvalue weighted by Gasteiger charge is -2.30. The van der Waals surface area contributed by atoms with Gasteiger partial charge in [-0.2, -0.15) is 13.2 Å². The van der Waals surface area contributed by atoms with Crippen molar-refractivity contribution in [1.82, 2.24) is 20.5 Å². The van der Waals surface area contributed by atoms with E-state index in [4.69, 9.17) is 0 Å². The molecule has 2 heterocycles. The van der Waals surface area contributed by atoms with Gasteiger partial charge in [0, 0.05) is 12.1 Å². The monoisotopic (exact) mass is 401 g/mol. The lowest BCUT2D eigenvalue weighted by Crippen LogP contribution is -2.48. The molecule has 1 aliphatic heterocycles. The van der Waals surface area contributed by atoms with Gasteiger partial charge < -0.3 is 10.6 Å². The van der Waals surface area contributed by atoms with Crippen LogP contribution in [0, 0.1) is 12.8 Å². The molecule has 0 spiro atoms. The van der Waals surface area contributed by atoms with Crippen LogP contribution in [-0.2, 0) is 9.59 Å². The number of hydrogen-bond acceptors (Lipinski definition) is 5. The highest BCUT2D eigenvalue weighted by molar-refractivity contribution is 5.95. The zero-order chi connectivity index (χ0) is 20.7. The Morgan fingerprint density at radius 3 is 2.54 bits per heavy atom. The predicted molar refractivity (Wildman–Crippen MR) is 94.4 cm³/mol. The molecule has 0 bridgehead atoms. The van der Waals surface area contributed by atoms with E-state index >= 15 is 0 Å². The van der Waals surface area contributed by atoms with E-state index < -0.39 is 24.7 Å². The maximum absolute atomic E-state index is 12.3. The van der Waals surface area contributed by atoms with Crippen LogP contribution in [0.15, 0.2) is 18.3 Å². The highest BCUT2D eigenvalue weighted by Crippen LogP contribution is 2.19. The van der Waals surface area contributed by atoms with Crippen molar-refractivity contribution >= 4 is 23.7 Å². The summed E-state index contributed by atoms with van der Waals surface area (Å²) in [6.07, 6.45) is -1.90. The van der Waals surface area contributed by atoms with Gasteiger partial charge in [-0.15, -0.1) is 0 Å². The van der Waals surface area contributed by atoms with Crippen LogP contribution in [0.1, 0.15) is 18.4 Å². The number of pyridine rings is 1. The van der Waals surface area contributed by atoms with E-state index in [1.807, 2.05) is 18.3 Å². The summed E-state index contributed by atoms with van der Waals surface area (Å²) in [6, 6.07) is 2.39. The number of aryl methyl sites for hydroxylation is 1. The van der Waals surface area contributed by atoms with Crippen LogP contribution in [0.5, 0.6) is 0 Å². The van der Waals surface area contributed by atoms with E-state index in [-0.39, 0.29) is 18.4 Å². The zero-order valence-electron chi connectivity index (χ0n) is 15.3. The number of nitrogens with zero attached hydrogens (tertiary/aromatic N) is 2. The summed E-state index contributed by atoms with van der Waals surface area (Å²) >= 11 is 0. The van der Waals surface area contributed by atoms with Crippen molar-refractivity contribution in [2.75, 3.05) is 31.5 Å². The van der Waals surface area contributed by atoms with Crippen molar-refractivity contribution in [3.8, 4) is 0 Å². The van der Waals surface area contributed by atoms with Gasteiger partial charge in [0.25, 0.3) is 0 Å². The molecule has 1 fully saturated rings. The Balaban J connectivity index is 1.70. The fourth-order valence-corrected chi connectivity index (χ4v) is 2.78. The summed E-state index contributed by atoms with van der Waals surface area (Å²) in [5.74, 6) is -0.589. The molecule has 154 valence electrons. The van der Waals surface area contributed by atoms with Crippen LogP contribution in [0.3, 0.4) is 0 Å². The van der Waals surface area contributed by atoms with Crippen molar-refractivity contribution in [1.29, 1.82) is 0 Å². The number of halogens is 3. The summed E-state index contributed by atoms with van der Waals surface area (Å²) in [5, 5.41) is 6.19. The maximum Gasteiger partial charge on any atom is 0.405 e. The number of amides is 4. The van der Waals surface area contributed by atoms with Gasteiger partial charge >= 0.3 is 12.2 Å². The molecule has 0 aromatic carbocycles. The first-order valence-electron chi connectivity index (χ1n) is 8.72. The summed E-state index contributed by atoms with van der Waals surface area (Å²) < 4.78 is 36.0. The second-order valence-corrected chi connectivity index (χ2v) is 6.60. The number of anilines is 1. The van der Waals surface area contributed by atoms with Gasteiger partial charge in [-0.3, -0.25) is 19.8 Å². The topological polar surface area (TPSA) is 103 Å². The third-order valence-electron chi connectivity index (χ3n) is 4.19. The molecule has 0 saturated carbocycles. The molecule has 28 heavy (non-hydrogen) atoms. The average molecular weight is 401 g/mol. The standard InChI is InChI=1S/C17H22F3N5O3/c1-11-2-5-21-13(8-11)23-15(27)12-3-6-25(7-4-12)9-14(26)24-16(28)22-10-17(18,19)20/h2,5,8,12H,3-4,6-7,9-10H2,1H3,(H,21,23,27)(H2,22,24,26,28). The molecule has 1 aliphatic rings. The molecule has 0 aliphatic carbocycles. The van der Waals surface area contributed by atoms with Crippen LogP contribution in [-0.4, -0.2) is 60.1 Å². The largest absolute Gasteiger partial charge is 0.405 e. The first kappa shape index (κ1) is 21.6. The van der Waals surface area contributed by atoms with Gasteiger partial charge in [-0.1, -0.05) is 0 Å². The van der Waals surface area contributed by atoms with E-state index in [2.05, 4.69) is 10.3 Å². The molecule has 8 nitrogen and oxygen atoms in total. The highest BCUT2D eigenvalue weighted by atomic mass is 19.4. The molecule has 2 rings (SSSR count). The average Bonchev–Trinajstić information content (AvgIpc) is 2.60. The van der Waals surface area contributed by atoms with E-state index in [0.717, 1.165) is 5.56 Å². The smallest absolute Gasteiger partial charge is 0.329 e. The van der Waals surface area contributed by atoms with Crippen LogP contribution in [0.2, 0.25) is 0 Å². The lowest BCUT2D eigenvalue weighted by atomic mass is 9.96. The van der Waals surface area contributed by atoms with Gasteiger partial charge in [-0.25, -0.2) is 9.78 Å². The van der Waals surface area contributed by atoms with Gasteiger partial charge in [0.1, 0.15) is 12.4 Å². The fraction of sp³-hybridized carbons (Fsp3) is 0.529. The fourth-order valence-electron chi connectivity index (χ4n) is 2.78. The number of urea groups is 1. The molecule has 11 heteroatoms. The van der Waals surface area contributed by atoms with Crippen LogP contribution in [0.4, 0.5) is 23.8 Å². The molecule has 0 atom stereocenters. The molecular formula is C17H22F3N5O3. The number of rotatable bonds is 5. The molecule has 3 N–H and O–H groups in total. The van der Waals surface area contributed by atoms with E-state index in [9.17, 15) is 27.6 Å². The molecule has 1 saturated heterocycles. The Hall–Kier alpha value is -2.69. The lowest BCUT2D eigenvalue weighted by molar-refractivity contribution is -0.125. The van der Waals surface area contributed by atoms with Crippen LogP contribution >= 0.6 is 0 Å². The highest BCUT2D eigenvalue weighted by Gasteiger charge is 2.29. The Labute approximate surface area is 159 Å². The van der Waals surface area contributed by atoms with Crippen molar-refractivity contribution in [3.63, 3.8) is 0 Å². The van der Waals surface area contributed by atoms with Crippen LogP contribution in [0.25, 0.3) is 0 Å². The van der Waals surface area contributed by atoms with E-state index in [0.29, 0.717) is 31.7 Å². The number of alkyl halides is 3. The number of carbonyl (C=O) groups is 3. The molecule has 4 amide bonds. The zero-order valence-corrected chi connectivity index (χ0v) is 15.3. The van der Waals surface area contributed by atoms with Crippen molar-refractivity contribution < 1.29 is 27.6 Å². The Morgan fingerprint density at radius 2 is 1.93 bits per heavy atom. The van der Waals surface area contributed by atoms with Gasteiger partial charge in [0.15, 0.2) is 0 Å². The predicted octanol–water partition coefficient (Wildman–Crippen LogP) is 1.43. The molecule has 1 aromatic rings. The van der Waals surface area contributed by atoms with Gasteiger partial charge in [-0.05, 0) is 50.6 Å². The first-order valence-corrected chi connectivity index (χ1v) is 8.72. The minimum atomic E-state index is -4.54. The van der Waals surface area contributed by atoms with E-state index in [1.54, 1.807) is 22.5 Å². The van der Waals surface area contributed by atoms with E-state index in [1.165, 1.54) is 0 Å². The summed E-state index contributed by atoms with van der Waals surface area (Å²) in [6.45, 7) is 1.16. The number of piperidine rings is 1. The minimum absolute atomic E-state index is 0.132. The Bertz CT molecular complexity index is 718. The Kier molecular flexibility index (Phi) is 7.32. The van der Waals surface area contributed by atoms with Gasteiger partial charge in [0.05, 0.1) is 6.54 Å². The number of hydrogen-bond donors (Lipinski definition) is 3. The SMILES string of the molecule is Cc1ccnc(NC(=O)C2CCN(CC(=O)NC(=O)NCC(F)(F)F)CC2)c1. The molecule has 0 unspecified atom stereocenters. The molecule has 1 aromatic heterocycles. The first-order chi connectivity index (χ1) is 13.1. The minimum Gasteiger partial charge on any atom is -0.329 e. The maximum atomic E-state index is 12.3. The summed E-state index contributed by atoms with van der Waals surface area (Å²) in [7, 11) is 0. The van der Waals surface area contributed by atoms with Gasteiger partial charge in [0.2, 0.25) is 11.8 Å². The number of nitrogens with one attached hydrogen (secondary N) is 3. The number of aromatic nitrogens is 1. The third-order valence-corrected chi connectivity index (χ3v) is 4.19. The van der Waals surface area contributed by atoms with Crippen molar-refractivity contribution in [3.05, 3.63) is 23.9 Å². The third kappa shape index (κ3) is 7.51. The normalized spacial score (nSPS) is 15.7. The van der Waals surface area contributed by atoms with Crippen molar-refractivity contribution in [2.24, 2.45) is 5.92 Å². The number of likely N-dealkylation sites (tertiary alicyclic amines) is 1. The van der Waals surface area contributed by atoms with Crippen LogP contribution < -0.4 is 16.0 Å². The Morgan fingerprint density at radius 1 is 1.25 bits per heavy atom. The number of imide groups is 1. The quantitative estimate of drug-likeness (QED) is 0.693. The second-order valence-electron chi connectivity index (χ2n) is 6.60. The second kappa shape index (κ2) is 9.49. The summed E-state index contributed by atoms with van der Waals surface area (Å²) in [5.41, 5.74) is 0.977.